The third kappa shape index (κ3) is 3.60. The highest BCUT2D eigenvalue weighted by Crippen LogP contribution is 2.24. The summed E-state index contributed by atoms with van der Waals surface area (Å²) >= 11 is 0. The number of carbonyl (C=O) groups is 2. The van der Waals surface area contributed by atoms with Crippen molar-refractivity contribution in [3.05, 3.63) is 18.5 Å². The van der Waals surface area contributed by atoms with E-state index in [1.807, 2.05) is 4.90 Å². The van der Waals surface area contributed by atoms with Gasteiger partial charge >= 0.3 is 0 Å². The van der Waals surface area contributed by atoms with Crippen molar-refractivity contribution in [2.45, 2.75) is 25.7 Å². The number of nitrogens with two attached hydrogens (primary N) is 1. The number of likely N-dealkylation sites (tertiary alicyclic amines) is 1. The molecule has 23 heavy (non-hydrogen) atoms. The zero-order valence-corrected chi connectivity index (χ0v) is 13.2. The molecular weight excluding hydrogens is 294 g/mol. The van der Waals surface area contributed by atoms with Crippen LogP contribution >= 0.6 is 0 Å². The molecule has 0 aromatic carbocycles. The van der Waals surface area contributed by atoms with E-state index < -0.39 is 0 Å². The Morgan fingerprint density at radius 1 is 1.04 bits per heavy atom. The molecule has 3 rings (SSSR count). The fourth-order valence-corrected chi connectivity index (χ4v) is 3.46. The van der Waals surface area contributed by atoms with Crippen molar-refractivity contribution in [3.8, 4) is 0 Å². The molecule has 2 saturated heterocycles. The average Bonchev–Trinajstić information content (AvgIpc) is 2.62. The van der Waals surface area contributed by atoms with E-state index in [0.29, 0.717) is 38.4 Å². The molecule has 0 radical (unpaired) electrons. The van der Waals surface area contributed by atoms with Crippen LogP contribution < -0.4 is 10.6 Å². The van der Waals surface area contributed by atoms with Gasteiger partial charge in [0, 0.05) is 44.5 Å². The molecule has 7 nitrogen and oxygen atoms in total. The van der Waals surface area contributed by atoms with Crippen molar-refractivity contribution >= 4 is 17.8 Å². The van der Waals surface area contributed by atoms with E-state index in [9.17, 15) is 9.59 Å². The van der Waals surface area contributed by atoms with E-state index in [1.165, 1.54) is 0 Å². The van der Waals surface area contributed by atoms with E-state index >= 15 is 0 Å². The standard InChI is InChI=1S/C16H23N5O2/c17-14(22)12-4-9-20(10-5-12)15(23)13-3-1-8-21(11-13)16-18-6-2-7-19-16/h2,6-7,12-13H,1,3-5,8-11H2,(H2,17,22). The average molecular weight is 317 g/mol. The summed E-state index contributed by atoms with van der Waals surface area (Å²) in [5.74, 6) is 0.533. The Bertz CT molecular complexity index is 557. The first-order chi connectivity index (χ1) is 11.1. The summed E-state index contributed by atoms with van der Waals surface area (Å²) in [6.07, 6.45) is 6.67. The lowest BCUT2D eigenvalue weighted by molar-refractivity contribution is -0.138. The number of rotatable bonds is 3. The summed E-state index contributed by atoms with van der Waals surface area (Å²) in [4.78, 5) is 36.5. The Kier molecular flexibility index (Phi) is 4.73. The molecule has 1 aromatic heterocycles. The van der Waals surface area contributed by atoms with Crippen molar-refractivity contribution < 1.29 is 9.59 Å². The molecule has 0 bridgehead atoms. The molecule has 2 N–H and O–H groups in total. The molecule has 1 atom stereocenters. The second-order valence-corrected chi connectivity index (χ2v) is 6.34. The molecule has 2 aliphatic heterocycles. The summed E-state index contributed by atoms with van der Waals surface area (Å²) in [5, 5.41) is 0. The minimum atomic E-state index is -0.248. The monoisotopic (exact) mass is 317 g/mol. The van der Waals surface area contributed by atoms with Crippen LogP contribution in [-0.4, -0.2) is 52.9 Å². The largest absolute Gasteiger partial charge is 0.369 e. The molecule has 0 spiro atoms. The Morgan fingerprint density at radius 2 is 1.74 bits per heavy atom. The van der Waals surface area contributed by atoms with E-state index in [-0.39, 0.29) is 23.7 Å². The number of carbonyl (C=O) groups excluding carboxylic acids is 2. The van der Waals surface area contributed by atoms with Crippen molar-refractivity contribution in [2.24, 2.45) is 17.6 Å². The number of amides is 2. The van der Waals surface area contributed by atoms with Crippen LogP contribution in [0.1, 0.15) is 25.7 Å². The van der Waals surface area contributed by atoms with Gasteiger partial charge in [0.1, 0.15) is 0 Å². The second-order valence-electron chi connectivity index (χ2n) is 6.34. The minimum absolute atomic E-state index is 0.0160. The first kappa shape index (κ1) is 15.7. The Morgan fingerprint density at radius 3 is 2.39 bits per heavy atom. The Labute approximate surface area is 135 Å². The highest BCUT2D eigenvalue weighted by Gasteiger charge is 2.33. The summed E-state index contributed by atoms with van der Waals surface area (Å²) in [5.41, 5.74) is 5.35. The topological polar surface area (TPSA) is 92.4 Å². The third-order valence-corrected chi connectivity index (χ3v) is 4.81. The number of nitrogens with zero attached hydrogens (tertiary/aromatic N) is 4. The van der Waals surface area contributed by atoms with Crippen molar-refractivity contribution in [1.82, 2.24) is 14.9 Å². The molecule has 0 saturated carbocycles. The van der Waals surface area contributed by atoms with Gasteiger partial charge in [-0.2, -0.15) is 0 Å². The van der Waals surface area contributed by atoms with Crippen molar-refractivity contribution in [2.75, 3.05) is 31.1 Å². The second kappa shape index (κ2) is 6.93. The number of anilines is 1. The fourth-order valence-electron chi connectivity index (χ4n) is 3.46. The highest BCUT2D eigenvalue weighted by atomic mass is 16.2. The molecule has 7 heteroatoms. The normalized spacial score (nSPS) is 22.9. The van der Waals surface area contributed by atoms with Gasteiger partial charge in [0.15, 0.2) is 0 Å². The quantitative estimate of drug-likeness (QED) is 0.872. The molecule has 1 aromatic rings. The van der Waals surface area contributed by atoms with Gasteiger partial charge < -0.3 is 15.5 Å². The molecule has 3 heterocycles. The van der Waals surface area contributed by atoms with Gasteiger partial charge in [0.2, 0.25) is 17.8 Å². The summed E-state index contributed by atoms with van der Waals surface area (Å²) in [6.45, 7) is 2.81. The van der Waals surface area contributed by atoms with Crippen LogP contribution in [0, 0.1) is 11.8 Å². The third-order valence-electron chi connectivity index (χ3n) is 4.81. The van der Waals surface area contributed by atoms with E-state index in [1.54, 1.807) is 18.5 Å². The van der Waals surface area contributed by atoms with Crippen molar-refractivity contribution in [3.63, 3.8) is 0 Å². The number of primary amides is 1. The van der Waals surface area contributed by atoms with Gasteiger partial charge in [-0.05, 0) is 31.7 Å². The van der Waals surface area contributed by atoms with Crippen LogP contribution in [0.4, 0.5) is 5.95 Å². The number of hydrogen-bond acceptors (Lipinski definition) is 5. The first-order valence-electron chi connectivity index (χ1n) is 8.25. The lowest BCUT2D eigenvalue weighted by atomic mass is 9.92. The van der Waals surface area contributed by atoms with Crippen LogP contribution in [0.2, 0.25) is 0 Å². The van der Waals surface area contributed by atoms with Gasteiger partial charge in [-0.15, -0.1) is 0 Å². The van der Waals surface area contributed by atoms with Gasteiger partial charge in [-0.1, -0.05) is 0 Å². The number of aromatic nitrogens is 2. The van der Waals surface area contributed by atoms with E-state index in [2.05, 4.69) is 14.9 Å². The maximum absolute atomic E-state index is 12.7. The zero-order chi connectivity index (χ0) is 16.2. The predicted molar refractivity (Wildman–Crippen MR) is 85.5 cm³/mol. The van der Waals surface area contributed by atoms with Gasteiger partial charge in [-0.3, -0.25) is 9.59 Å². The Hall–Kier alpha value is -2.18. The van der Waals surface area contributed by atoms with Crippen LogP contribution in [0.5, 0.6) is 0 Å². The molecule has 0 aliphatic carbocycles. The SMILES string of the molecule is NC(=O)C1CCN(C(=O)C2CCCN(c3ncccn3)C2)CC1. The van der Waals surface area contributed by atoms with Gasteiger partial charge in [0.25, 0.3) is 0 Å². The number of piperidine rings is 2. The van der Waals surface area contributed by atoms with E-state index in [0.717, 1.165) is 19.4 Å². The molecule has 124 valence electrons. The maximum Gasteiger partial charge on any atom is 0.227 e. The minimum Gasteiger partial charge on any atom is -0.369 e. The molecule has 2 fully saturated rings. The van der Waals surface area contributed by atoms with Crippen LogP contribution in [0.3, 0.4) is 0 Å². The smallest absolute Gasteiger partial charge is 0.227 e. The lowest BCUT2D eigenvalue weighted by Gasteiger charge is -2.37. The van der Waals surface area contributed by atoms with Crippen molar-refractivity contribution in [1.29, 1.82) is 0 Å². The highest BCUT2D eigenvalue weighted by molar-refractivity contribution is 5.81. The van der Waals surface area contributed by atoms with Gasteiger partial charge in [0.05, 0.1) is 5.92 Å². The summed E-state index contributed by atoms with van der Waals surface area (Å²) < 4.78 is 0. The lowest BCUT2D eigenvalue weighted by Crippen LogP contribution is -2.48. The van der Waals surface area contributed by atoms with Crippen LogP contribution in [0.25, 0.3) is 0 Å². The molecule has 2 aliphatic rings. The fraction of sp³-hybridized carbons (Fsp3) is 0.625. The van der Waals surface area contributed by atoms with Crippen LogP contribution in [-0.2, 0) is 9.59 Å². The molecular formula is C16H23N5O2. The predicted octanol–water partition coefficient (Wildman–Crippen LogP) is 0.417. The number of hydrogen-bond donors (Lipinski definition) is 1. The summed E-state index contributed by atoms with van der Waals surface area (Å²) in [7, 11) is 0. The first-order valence-corrected chi connectivity index (χ1v) is 8.25. The molecule has 1 unspecified atom stereocenters. The Balaban J connectivity index is 1.58. The zero-order valence-electron chi connectivity index (χ0n) is 13.2. The van der Waals surface area contributed by atoms with Crippen LogP contribution in [0.15, 0.2) is 18.5 Å². The maximum atomic E-state index is 12.7. The van der Waals surface area contributed by atoms with Gasteiger partial charge in [-0.25, -0.2) is 9.97 Å². The summed E-state index contributed by atoms with van der Waals surface area (Å²) in [6, 6.07) is 1.79. The van der Waals surface area contributed by atoms with E-state index in [4.69, 9.17) is 5.73 Å². The molecule has 2 amide bonds.